The van der Waals surface area contributed by atoms with E-state index in [4.69, 9.17) is 5.11 Å². The molecular weight excluding hydrogens is 321 g/mol. The van der Waals surface area contributed by atoms with Crippen molar-refractivity contribution in [2.45, 2.75) is 25.7 Å². The molecule has 4 nitrogen and oxygen atoms in total. The first-order valence-electron chi connectivity index (χ1n) is 7.22. The molecule has 0 spiro atoms. The van der Waals surface area contributed by atoms with E-state index in [0.29, 0.717) is 17.1 Å². The van der Waals surface area contributed by atoms with Gasteiger partial charge in [0.05, 0.1) is 22.5 Å². The van der Waals surface area contributed by atoms with Crippen molar-refractivity contribution >= 4 is 23.0 Å². The normalized spacial score (nSPS) is 15.8. The smallest absolute Gasteiger partial charge is 0.416 e. The molecule has 0 unspecified atom stereocenters. The molecule has 0 saturated carbocycles. The number of hydrogen-bond acceptors (Lipinski definition) is 3. The van der Waals surface area contributed by atoms with Crippen LogP contribution in [-0.2, 0) is 6.18 Å². The van der Waals surface area contributed by atoms with Gasteiger partial charge in [0, 0.05) is 5.69 Å². The summed E-state index contributed by atoms with van der Waals surface area (Å²) in [5.41, 5.74) is 0.0457. The Labute approximate surface area is 136 Å². The van der Waals surface area contributed by atoms with E-state index >= 15 is 0 Å². The number of carboxylic acids is 1. The highest BCUT2D eigenvalue weighted by Gasteiger charge is 2.39. The third-order valence-corrected chi connectivity index (χ3v) is 3.92. The Kier molecular flexibility index (Phi) is 3.47. The summed E-state index contributed by atoms with van der Waals surface area (Å²) in [6, 6.07) is 9.62. The number of nitrogens with zero attached hydrogens (tertiary/aromatic N) is 1. The first-order chi connectivity index (χ1) is 11.1. The summed E-state index contributed by atoms with van der Waals surface area (Å²) in [7, 11) is 0. The van der Waals surface area contributed by atoms with Crippen LogP contribution in [0.4, 0.5) is 30.2 Å². The lowest BCUT2D eigenvalue weighted by molar-refractivity contribution is -0.137. The fraction of sp³-hybridized carbons (Fsp3) is 0.235. The van der Waals surface area contributed by atoms with Gasteiger partial charge in [-0.05, 0) is 50.2 Å². The molecule has 126 valence electrons. The predicted molar refractivity (Wildman–Crippen MR) is 84.7 cm³/mol. The number of aromatic carboxylic acids is 1. The van der Waals surface area contributed by atoms with Gasteiger partial charge >= 0.3 is 12.1 Å². The number of carbonyl (C=O) groups is 1. The predicted octanol–water partition coefficient (Wildman–Crippen LogP) is 4.70. The second-order valence-electron chi connectivity index (χ2n) is 6.10. The molecule has 0 bridgehead atoms. The van der Waals surface area contributed by atoms with Crippen molar-refractivity contribution in [3.63, 3.8) is 0 Å². The summed E-state index contributed by atoms with van der Waals surface area (Å²) in [5.74, 6) is -1.09. The van der Waals surface area contributed by atoms with Gasteiger partial charge in [0.2, 0.25) is 0 Å². The van der Waals surface area contributed by atoms with Crippen LogP contribution in [0.25, 0.3) is 0 Å². The monoisotopic (exact) mass is 336 g/mol. The van der Waals surface area contributed by atoms with Crippen LogP contribution < -0.4 is 10.2 Å². The van der Waals surface area contributed by atoms with E-state index in [9.17, 15) is 18.0 Å². The molecule has 0 amide bonds. The van der Waals surface area contributed by atoms with Crippen LogP contribution >= 0.6 is 0 Å². The maximum atomic E-state index is 13.0. The van der Waals surface area contributed by atoms with Crippen LogP contribution in [0.3, 0.4) is 0 Å². The quantitative estimate of drug-likeness (QED) is 0.834. The summed E-state index contributed by atoms with van der Waals surface area (Å²) >= 11 is 0. The number of rotatable bonds is 2. The van der Waals surface area contributed by atoms with Crippen LogP contribution in [-0.4, -0.2) is 16.7 Å². The maximum Gasteiger partial charge on any atom is 0.416 e. The van der Waals surface area contributed by atoms with Gasteiger partial charge in [-0.25, -0.2) is 4.79 Å². The van der Waals surface area contributed by atoms with Gasteiger partial charge in [-0.3, -0.25) is 0 Å². The van der Waals surface area contributed by atoms with Crippen LogP contribution in [0.15, 0.2) is 42.5 Å². The Bertz CT molecular complexity index is 816. The Balaban J connectivity index is 2.15. The van der Waals surface area contributed by atoms with Crippen LogP contribution in [0.5, 0.6) is 0 Å². The van der Waals surface area contributed by atoms with Crippen molar-refractivity contribution in [1.29, 1.82) is 0 Å². The molecule has 2 aromatic rings. The van der Waals surface area contributed by atoms with Gasteiger partial charge in [-0.2, -0.15) is 13.2 Å². The van der Waals surface area contributed by atoms with Gasteiger partial charge < -0.3 is 15.3 Å². The van der Waals surface area contributed by atoms with Crippen LogP contribution in [0, 0.1) is 0 Å². The molecule has 1 aliphatic rings. The third kappa shape index (κ3) is 2.66. The lowest BCUT2D eigenvalue weighted by Gasteiger charge is -2.34. The zero-order chi connectivity index (χ0) is 17.7. The average Bonchev–Trinajstić information content (AvgIpc) is 2.75. The third-order valence-electron chi connectivity index (χ3n) is 3.92. The highest BCUT2D eigenvalue weighted by atomic mass is 19.4. The molecule has 0 saturated heterocycles. The summed E-state index contributed by atoms with van der Waals surface area (Å²) in [6.45, 7) is 3.63. The summed E-state index contributed by atoms with van der Waals surface area (Å²) in [4.78, 5) is 12.8. The van der Waals surface area contributed by atoms with Gasteiger partial charge in [0.25, 0.3) is 0 Å². The molecule has 2 N–H and O–H groups in total. The standard InChI is InChI=1S/C17H15F3N2O2/c1-16(2)21-13-7-6-11(17(18,19)20)9-14(13)22(16)12-5-3-4-10(8-12)15(23)24/h3-9,21H,1-2H3,(H,23,24). The van der Waals surface area contributed by atoms with E-state index < -0.39 is 23.4 Å². The fourth-order valence-corrected chi connectivity index (χ4v) is 2.93. The Hall–Kier alpha value is -2.70. The number of halogens is 3. The lowest BCUT2D eigenvalue weighted by atomic mass is 10.1. The molecule has 0 aliphatic carbocycles. The van der Waals surface area contributed by atoms with E-state index in [1.807, 2.05) is 13.8 Å². The summed E-state index contributed by atoms with van der Waals surface area (Å²) in [6.07, 6.45) is -4.45. The molecule has 0 aromatic heterocycles. The molecule has 0 fully saturated rings. The van der Waals surface area contributed by atoms with Crippen molar-refractivity contribution in [2.24, 2.45) is 0 Å². The van der Waals surface area contributed by atoms with Crippen LogP contribution in [0.2, 0.25) is 0 Å². The number of nitrogens with one attached hydrogen (secondary N) is 1. The topological polar surface area (TPSA) is 52.6 Å². The van der Waals surface area contributed by atoms with Gasteiger partial charge in [-0.15, -0.1) is 0 Å². The van der Waals surface area contributed by atoms with Gasteiger partial charge in [0.1, 0.15) is 5.66 Å². The first-order valence-corrected chi connectivity index (χ1v) is 7.22. The molecule has 0 radical (unpaired) electrons. The molecule has 3 rings (SSSR count). The Morgan fingerprint density at radius 2 is 1.88 bits per heavy atom. The van der Waals surface area contributed by atoms with E-state index in [1.54, 1.807) is 17.0 Å². The fourth-order valence-electron chi connectivity index (χ4n) is 2.93. The van der Waals surface area contributed by atoms with Gasteiger partial charge in [0.15, 0.2) is 0 Å². The van der Waals surface area contributed by atoms with Crippen LogP contribution in [0.1, 0.15) is 29.8 Å². The maximum absolute atomic E-state index is 13.0. The number of fused-ring (bicyclic) bond motifs is 1. The molecule has 2 aromatic carbocycles. The Morgan fingerprint density at radius 1 is 1.17 bits per heavy atom. The number of benzene rings is 2. The zero-order valence-corrected chi connectivity index (χ0v) is 13.0. The molecule has 0 atom stereocenters. The average molecular weight is 336 g/mol. The molecule has 1 aliphatic heterocycles. The highest BCUT2D eigenvalue weighted by Crippen LogP contribution is 2.47. The molecule has 24 heavy (non-hydrogen) atoms. The van der Waals surface area contributed by atoms with Crippen molar-refractivity contribution in [3.05, 3.63) is 53.6 Å². The summed E-state index contributed by atoms with van der Waals surface area (Å²) in [5, 5.41) is 12.3. The van der Waals surface area contributed by atoms with Crippen molar-refractivity contribution in [2.75, 3.05) is 10.2 Å². The second kappa shape index (κ2) is 5.15. The van der Waals surface area contributed by atoms with Gasteiger partial charge in [-0.1, -0.05) is 6.07 Å². The number of anilines is 3. The van der Waals surface area contributed by atoms with E-state index in [2.05, 4.69) is 5.32 Å². The minimum Gasteiger partial charge on any atom is -0.478 e. The minimum absolute atomic E-state index is 0.0729. The molecule has 1 heterocycles. The minimum atomic E-state index is -4.45. The Morgan fingerprint density at radius 3 is 2.50 bits per heavy atom. The first kappa shape index (κ1) is 16.2. The SMILES string of the molecule is CC1(C)Nc2ccc(C(F)(F)F)cc2N1c1cccc(C(=O)O)c1. The number of carboxylic acid groups (broad SMARTS) is 1. The van der Waals surface area contributed by atoms with E-state index in [-0.39, 0.29) is 5.56 Å². The van der Waals surface area contributed by atoms with E-state index in [1.165, 1.54) is 18.2 Å². The van der Waals surface area contributed by atoms with E-state index in [0.717, 1.165) is 12.1 Å². The molecule has 7 heteroatoms. The highest BCUT2D eigenvalue weighted by molar-refractivity contribution is 5.91. The second-order valence-corrected chi connectivity index (χ2v) is 6.10. The summed E-state index contributed by atoms with van der Waals surface area (Å²) < 4.78 is 39.1. The lowest BCUT2D eigenvalue weighted by Crippen LogP contribution is -2.42. The zero-order valence-electron chi connectivity index (χ0n) is 13.0. The van der Waals surface area contributed by atoms with Crippen molar-refractivity contribution in [3.8, 4) is 0 Å². The van der Waals surface area contributed by atoms with Crippen molar-refractivity contribution in [1.82, 2.24) is 0 Å². The number of alkyl halides is 3. The largest absolute Gasteiger partial charge is 0.478 e. The number of hydrogen-bond donors (Lipinski definition) is 2. The molecular formula is C17H15F3N2O2. The van der Waals surface area contributed by atoms with Crippen molar-refractivity contribution < 1.29 is 23.1 Å².